The number of aliphatic imine (C=N–C) groups is 1. The fourth-order valence-electron chi connectivity index (χ4n) is 3.98. The number of esters is 2. The number of halogens is 3. The van der Waals surface area contributed by atoms with E-state index in [4.69, 9.17) is 32.7 Å². The van der Waals surface area contributed by atoms with Gasteiger partial charge in [0.2, 0.25) is 5.90 Å². The molecular weight excluding hydrogens is 629 g/mol. The van der Waals surface area contributed by atoms with Crippen LogP contribution in [0.1, 0.15) is 25.7 Å². The van der Waals surface area contributed by atoms with Gasteiger partial charge < -0.3 is 9.47 Å². The van der Waals surface area contributed by atoms with E-state index in [2.05, 4.69) is 20.9 Å². The summed E-state index contributed by atoms with van der Waals surface area (Å²) < 4.78 is 13.8. The van der Waals surface area contributed by atoms with E-state index in [1.807, 2.05) is 49.4 Å². The molecule has 3 heterocycles. The second kappa shape index (κ2) is 9.94. The van der Waals surface area contributed by atoms with Crippen molar-refractivity contribution < 1.29 is 19.1 Å². The zero-order valence-electron chi connectivity index (χ0n) is 19.4. The standard InChI is InChI=1S/C28H14BrCl2NO4S2/c1-13-6-8-17-21(10-13)38-25(23(17)31)28(34)35-19-9-7-15(29)11-14(19)12-18-27(33)36-26(32-18)24-22(30)16-4-2-3-5-20(16)37-24/h2-12H,1H3/b18-12+. The van der Waals surface area contributed by atoms with E-state index in [1.54, 1.807) is 18.2 Å². The summed E-state index contributed by atoms with van der Waals surface area (Å²) in [7, 11) is 0. The van der Waals surface area contributed by atoms with Crippen LogP contribution in [0.3, 0.4) is 0 Å². The number of fused-ring (bicyclic) bond motifs is 2. The third-order valence-corrected chi connectivity index (χ3v) is 9.58. The van der Waals surface area contributed by atoms with Gasteiger partial charge in [-0.25, -0.2) is 14.6 Å². The lowest BCUT2D eigenvalue weighted by Gasteiger charge is -2.08. The molecule has 6 rings (SSSR count). The zero-order chi connectivity index (χ0) is 26.6. The van der Waals surface area contributed by atoms with Gasteiger partial charge in [-0.3, -0.25) is 0 Å². The maximum atomic E-state index is 13.1. The molecule has 0 bridgehead atoms. The van der Waals surface area contributed by atoms with Crippen molar-refractivity contribution in [3.8, 4) is 5.75 Å². The van der Waals surface area contributed by atoms with Crippen molar-refractivity contribution in [1.82, 2.24) is 0 Å². The molecule has 0 amide bonds. The van der Waals surface area contributed by atoms with Gasteiger partial charge in [-0.2, -0.15) is 0 Å². The van der Waals surface area contributed by atoms with Crippen molar-refractivity contribution in [2.24, 2.45) is 4.99 Å². The highest BCUT2D eigenvalue weighted by Crippen LogP contribution is 2.39. The molecule has 3 aromatic carbocycles. The van der Waals surface area contributed by atoms with Gasteiger partial charge in [-0.1, -0.05) is 69.5 Å². The van der Waals surface area contributed by atoms with Crippen molar-refractivity contribution in [2.45, 2.75) is 6.92 Å². The summed E-state index contributed by atoms with van der Waals surface area (Å²) >= 11 is 19.2. The summed E-state index contributed by atoms with van der Waals surface area (Å²) in [6.45, 7) is 1.98. The Morgan fingerprint density at radius 1 is 1.00 bits per heavy atom. The Bertz CT molecular complexity index is 1870. The van der Waals surface area contributed by atoms with E-state index in [1.165, 1.54) is 28.7 Å². The van der Waals surface area contributed by atoms with Crippen LogP contribution in [-0.4, -0.2) is 17.8 Å². The van der Waals surface area contributed by atoms with Gasteiger partial charge in [0.05, 0.1) is 10.0 Å². The van der Waals surface area contributed by atoms with Gasteiger partial charge in [0.25, 0.3) is 0 Å². The molecule has 0 unspecified atom stereocenters. The van der Waals surface area contributed by atoms with Crippen molar-refractivity contribution in [1.29, 1.82) is 0 Å². The number of benzene rings is 3. The van der Waals surface area contributed by atoms with E-state index in [0.29, 0.717) is 25.4 Å². The predicted octanol–water partition coefficient (Wildman–Crippen LogP) is 9.06. The topological polar surface area (TPSA) is 65.0 Å². The van der Waals surface area contributed by atoms with E-state index in [-0.39, 0.29) is 17.3 Å². The van der Waals surface area contributed by atoms with Crippen LogP contribution in [0, 0.1) is 6.92 Å². The van der Waals surface area contributed by atoms with E-state index < -0.39 is 11.9 Å². The number of hydrogen-bond acceptors (Lipinski definition) is 7. The number of carbonyl (C=O) groups excluding carboxylic acids is 2. The molecule has 10 heteroatoms. The highest BCUT2D eigenvalue weighted by molar-refractivity contribution is 9.10. The smallest absolute Gasteiger partial charge is 0.363 e. The van der Waals surface area contributed by atoms with Crippen LogP contribution in [0.15, 0.2) is 75.8 Å². The molecule has 38 heavy (non-hydrogen) atoms. The predicted molar refractivity (Wildman–Crippen MR) is 158 cm³/mol. The Morgan fingerprint density at radius 3 is 2.61 bits per heavy atom. The molecule has 0 aliphatic carbocycles. The molecule has 0 spiro atoms. The largest absolute Gasteiger partial charge is 0.422 e. The van der Waals surface area contributed by atoms with Crippen LogP contribution in [0.2, 0.25) is 10.0 Å². The first-order valence-electron chi connectivity index (χ1n) is 11.2. The molecule has 0 saturated heterocycles. The SMILES string of the molecule is Cc1ccc2c(Cl)c(C(=O)Oc3ccc(Br)cc3/C=C3/N=C(c4sc5ccccc5c4Cl)OC3=O)sc2c1. The van der Waals surface area contributed by atoms with Gasteiger partial charge in [-0.05, 0) is 48.9 Å². The van der Waals surface area contributed by atoms with Crippen LogP contribution in [0.5, 0.6) is 5.75 Å². The highest BCUT2D eigenvalue weighted by Gasteiger charge is 2.28. The van der Waals surface area contributed by atoms with Crippen LogP contribution < -0.4 is 4.74 Å². The number of carbonyl (C=O) groups is 2. The molecule has 0 radical (unpaired) electrons. The summed E-state index contributed by atoms with van der Waals surface area (Å²) in [6, 6.07) is 18.5. The third kappa shape index (κ3) is 4.57. The van der Waals surface area contributed by atoms with Gasteiger partial charge in [-0.15, -0.1) is 22.7 Å². The molecule has 1 aliphatic rings. The molecule has 0 N–H and O–H groups in total. The minimum absolute atomic E-state index is 0.0549. The number of nitrogens with zero attached hydrogens (tertiary/aromatic N) is 1. The quantitative estimate of drug-likeness (QED) is 0.111. The lowest BCUT2D eigenvalue weighted by Crippen LogP contribution is -2.08. The maximum Gasteiger partial charge on any atom is 0.363 e. The molecule has 1 aliphatic heterocycles. The minimum Gasteiger partial charge on any atom is -0.422 e. The van der Waals surface area contributed by atoms with Crippen LogP contribution in [0.25, 0.3) is 26.2 Å². The van der Waals surface area contributed by atoms with Crippen LogP contribution in [0.4, 0.5) is 0 Å². The fourth-order valence-corrected chi connectivity index (χ4v) is 7.28. The summed E-state index contributed by atoms with van der Waals surface area (Å²) in [6.07, 6.45) is 1.51. The van der Waals surface area contributed by atoms with Crippen molar-refractivity contribution in [3.05, 3.63) is 102 Å². The number of aryl methyl sites for hydroxylation is 1. The molecule has 0 atom stereocenters. The van der Waals surface area contributed by atoms with Gasteiger partial charge >= 0.3 is 11.9 Å². The lowest BCUT2D eigenvalue weighted by atomic mass is 10.1. The average Bonchev–Trinajstić information content (AvgIpc) is 3.54. The molecule has 0 fully saturated rings. The van der Waals surface area contributed by atoms with E-state index in [0.717, 1.165) is 30.2 Å². The number of cyclic esters (lactones) is 1. The Kier molecular flexibility index (Phi) is 6.62. The summed E-state index contributed by atoms with van der Waals surface area (Å²) in [5.74, 6) is -0.847. The maximum absolute atomic E-state index is 13.1. The normalized spacial score (nSPS) is 14.4. The average molecular weight is 643 g/mol. The Balaban J connectivity index is 1.35. The summed E-state index contributed by atoms with van der Waals surface area (Å²) in [4.78, 5) is 31.1. The molecule has 5 aromatic rings. The third-order valence-electron chi connectivity index (χ3n) is 5.79. The molecule has 188 valence electrons. The van der Waals surface area contributed by atoms with Crippen molar-refractivity contribution in [2.75, 3.05) is 0 Å². The van der Waals surface area contributed by atoms with Gasteiger partial charge in [0.15, 0.2) is 5.70 Å². The van der Waals surface area contributed by atoms with Crippen molar-refractivity contribution in [3.63, 3.8) is 0 Å². The Morgan fingerprint density at radius 2 is 1.79 bits per heavy atom. The number of hydrogen-bond donors (Lipinski definition) is 0. The molecule has 5 nitrogen and oxygen atoms in total. The van der Waals surface area contributed by atoms with E-state index in [9.17, 15) is 9.59 Å². The highest BCUT2D eigenvalue weighted by atomic mass is 79.9. The first kappa shape index (κ1) is 25.3. The lowest BCUT2D eigenvalue weighted by molar-refractivity contribution is -0.129. The second-order valence-corrected chi connectivity index (χ2v) is 12.2. The molecular formula is C28H14BrCl2NO4S2. The van der Waals surface area contributed by atoms with Crippen molar-refractivity contribution >= 4 is 106 Å². The first-order valence-corrected chi connectivity index (χ1v) is 14.4. The Labute approximate surface area is 243 Å². The van der Waals surface area contributed by atoms with Crippen LogP contribution >= 0.6 is 61.8 Å². The number of rotatable bonds is 4. The monoisotopic (exact) mass is 641 g/mol. The van der Waals surface area contributed by atoms with E-state index >= 15 is 0 Å². The summed E-state index contributed by atoms with van der Waals surface area (Å²) in [5.41, 5.74) is 1.58. The van der Waals surface area contributed by atoms with Gasteiger partial charge in [0, 0.05) is 30.2 Å². The first-order chi connectivity index (χ1) is 18.3. The van der Waals surface area contributed by atoms with Crippen LogP contribution in [-0.2, 0) is 9.53 Å². The molecule has 2 aromatic heterocycles. The second-order valence-electron chi connectivity index (χ2n) is 8.39. The minimum atomic E-state index is -0.631. The molecule has 0 saturated carbocycles. The Hall–Kier alpha value is -3.01. The van der Waals surface area contributed by atoms with Gasteiger partial charge in [0.1, 0.15) is 15.5 Å². The number of thiophene rings is 2. The summed E-state index contributed by atoms with van der Waals surface area (Å²) in [5, 5.41) is 2.48. The zero-order valence-corrected chi connectivity index (χ0v) is 24.1. The fraction of sp³-hybridized carbons (Fsp3) is 0.0357. The number of ether oxygens (including phenoxy) is 2.